The molecule has 1 aliphatic heterocycles. The predicted molar refractivity (Wildman–Crippen MR) is 54.7 cm³/mol. The molecule has 14 heavy (non-hydrogen) atoms. The zero-order valence-corrected chi connectivity index (χ0v) is 9.35. The fourth-order valence-corrected chi connectivity index (χ4v) is 2.41. The Labute approximate surface area is 88.5 Å². The summed E-state index contributed by atoms with van der Waals surface area (Å²) in [5, 5.41) is 0. The monoisotopic (exact) mass is 220 g/mol. The number of hydrogen-bond donors (Lipinski definition) is 1. The second-order valence-electron chi connectivity index (χ2n) is 3.35. The molecule has 82 valence electrons. The van der Waals surface area contributed by atoms with Crippen LogP contribution in [-0.4, -0.2) is 36.9 Å². The zero-order chi connectivity index (χ0) is 10.4. The third-order valence-corrected chi connectivity index (χ3v) is 3.49. The Kier molecular flexibility index (Phi) is 5.29. The highest BCUT2D eigenvalue weighted by Gasteiger charge is 2.21. The van der Waals surface area contributed by atoms with E-state index in [1.54, 1.807) is 11.8 Å². The molecule has 2 atom stereocenters. The van der Waals surface area contributed by atoms with Crippen LogP contribution in [0.2, 0.25) is 0 Å². The van der Waals surface area contributed by atoms with Gasteiger partial charge in [0, 0.05) is 6.61 Å². The highest BCUT2D eigenvalue weighted by atomic mass is 32.2. The fourth-order valence-electron chi connectivity index (χ4n) is 1.30. The van der Waals surface area contributed by atoms with Gasteiger partial charge in [0.1, 0.15) is 5.44 Å². The van der Waals surface area contributed by atoms with Gasteiger partial charge in [-0.2, -0.15) is 0 Å². The molecule has 5 heteroatoms. The second kappa shape index (κ2) is 6.27. The van der Waals surface area contributed by atoms with Gasteiger partial charge in [0.2, 0.25) is 0 Å². The van der Waals surface area contributed by atoms with E-state index in [0.717, 1.165) is 19.4 Å². The molecule has 1 heterocycles. The van der Waals surface area contributed by atoms with E-state index >= 15 is 0 Å². The number of carbonyl (C=O) groups excluding carboxylic acids is 1. The normalized spacial score (nSPS) is 24.3. The lowest BCUT2D eigenvalue weighted by Crippen LogP contribution is -2.66. The molecule has 1 fully saturated rings. The highest BCUT2D eigenvalue weighted by Crippen LogP contribution is 2.23. The highest BCUT2D eigenvalue weighted by molar-refractivity contribution is 7.99. The number of quaternary nitrogens is 1. The number of esters is 1. The second-order valence-corrected chi connectivity index (χ2v) is 4.54. The molecule has 0 radical (unpaired) electrons. The van der Waals surface area contributed by atoms with Gasteiger partial charge < -0.3 is 15.2 Å². The lowest BCUT2D eigenvalue weighted by molar-refractivity contribution is -0.400. The first-order valence-corrected chi connectivity index (χ1v) is 5.93. The van der Waals surface area contributed by atoms with Gasteiger partial charge in [-0.1, -0.05) is 0 Å². The van der Waals surface area contributed by atoms with Gasteiger partial charge in [-0.05, 0) is 19.3 Å². The summed E-state index contributed by atoms with van der Waals surface area (Å²) in [5.41, 5.74) is 3.99. The van der Waals surface area contributed by atoms with Gasteiger partial charge >= 0.3 is 5.97 Å². The fraction of sp³-hybridized carbons (Fsp3) is 0.889. The Hall–Kier alpha value is -0.260. The summed E-state index contributed by atoms with van der Waals surface area (Å²) in [7, 11) is 1.39. The van der Waals surface area contributed by atoms with Crippen LogP contribution in [0.1, 0.15) is 19.3 Å². The largest absolute Gasteiger partial charge is 0.465 e. The number of ether oxygens (including phenoxy) is 2. The molecule has 0 aromatic rings. The molecular formula is C9H18NO3S+. The topological polar surface area (TPSA) is 63.2 Å². The lowest BCUT2D eigenvalue weighted by atomic mass is 10.2. The number of rotatable bonds is 4. The number of carbonyl (C=O) groups is 1. The summed E-state index contributed by atoms with van der Waals surface area (Å²) in [6, 6.07) is -0.282. The first-order chi connectivity index (χ1) is 6.74. The quantitative estimate of drug-likeness (QED) is 0.679. The summed E-state index contributed by atoms with van der Waals surface area (Å²) in [5.74, 6) is 0.436. The van der Waals surface area contributed by atoms with Crippen LogP contribution in [0.5, 0.6) is 0 Å². The van der Waals surface area contributed by atoms with Crippen LogP contribution in [-0.2, 0) is 14.3 Å². The third-order valence-electron chi connectivity index (χ3n) is 2.16. The molecule has 4 nitrogen and oxygen atoms in total. The third kappa shape index (κ3) is 3.86. The summed E-state index contributed by atoms with van der Waals surface area (Å²) in [6.07, 6.45) is 3.46. The van der Waals surface area contributed by atoms with E-state index < -0.39 is 0 Å². The molecular weight excluding hydrogens is 202 g/mol. The van der Waals surface area contributed by atoms with Crippen LogP contribution >= 0.6 is 11.8 Å². The van der Waals surface area contributed by atoms with Crippen molar-refractivity contribution in [3.8, 4) is 0 Å². The maximum absolute atomic E-state index is 11.0. The van der Waals surface area contributed by atoms with E-state index in [9.17, 15) is 4.79 Å². The molecule has 1 saturated heterocycles. The standard InChI is InChI=1S/C9H17NO3S/c1-12-9(11)7(10)6-14-8-4-2-3-5-13-8/h7-8H,2-6,10H2,1H3/p+1/t7-,8-/m1/s1. The molecule has 0 unspecified atom stereocenters. The minimum absolute atomic E-state index is 0.242. The average Bonchev–Trinajstić information content (AvgIpc) is 2.26. The summed E-state index contributed by atoms with van der Waals surface area (Å²) >= 11 is 1.66. The van der Waals surface area contributed by atoms with E-state index in [-0.39, 0.29) is 17.4 Å². The van der Waals surface area contributed by atoms with Crippen molar-refractivity contribution in [3.63, 3.8) is 0 Å². The van der Waals surface area contributed by atoms with Gasteiger partial charge in [0.15, 0.2) is 6.04 Å². The zero-order valence-electron chi connectivity index (χ0n) is 8.53. The molecule has 1 rings (SSSR count). The van der Waals surface area contributed by atoms with E-state index in [4.69, 9.17) is 4.74 Å². The molecule has 0 amide bonds. The van der Waals surface area contributed by atoms with Crippen LogP contribution < -0.4 is 5.73 Å². The van der Waals surface area contributed by atoms with Crippen molar-refractivity contribution in [2.45, 2.75) is 30.7 Å². The van der Waals surface area contributed by atoms with E-state index in [2.05, 4.69) is 10.5 Å². The van der Waals surface area contributed by atoms with Gasteiger partial charge in [0.05, 0.1) is 12.9 Å². The van der Waals surface area contributed by atoms with Crippen LogP contribution in [0.3, 0.4) is 0 Å². The average molecular weight is 220 g/mol. The Morgan fingerprint density at radius 3 is 3.07 bits per heavy atom. The molecule has 0 aromatic heterocycles. The minimum atomic E-state index is -0.282. The minimum Gasteiger partial charge on any atom is -0.465 e. The van der Waals surface area contributed by atoms with Gasteiger partial charge in [-0.15, -0.1) is 11.8 Å². The molecule has 0 bridgehead atoms. The SMILES string of the molecule is COC(=O)[C@H]([NH3+])CS[C@@H]1CCCCO1. The molecule has 3 N–H and O–H groups in total. The molecule has 0 saturated carbocycles. The number of methoxy groups -OCH3 is 1. The predicted octanol–water partition coefficient (Wildman–Crippen LogP) is 0.0297. The van der Waals surface area contributed by atoms with E-state index in [1.165, 1.54) is 13.5 Å². The molecule has 0 spiro atoms. The molecule has 0 aromatic carbocycles. The van der Waals surface area contributed by atoms with Crippen molar-refractivity contribution in [1.29, 1.82) is 0 Å². The van der Waals surface area contributed by atoms with Crippen molar-refractivity contribution >= 4 is 17.7 Å². The van der Waals surface area contributed by atoms with E-state index in [0.29, 0.717) is 5.75 Å². The Balaban J connectivity index is 2.15. The first-order valence-electron chi connectivity index (χ1n) is 4.88. The van der Waals surface area contributed by atoms with Crippen molar-refractivity contribution in [2.75, 3.05) is 19.5 Å². The summed E-state index contributed by atoms with van der Waals surface area (Å²) in [6.45, 7) is 0.845. The Bertz CT molecular complexity index is 183. The maximum atomic E-state index is 11.0. The summed E-state index contributed by atoms with van der Waals surface area (Å²) < 4.78 is 10.1. The molecule has 1 aliphatic rings. The van der Waals surface area contributed by atoms with Gasteiger partial charge in [-0.3, -0.25) is 0 Å². The number of thioether (sulfide) groups is 1. The van der Waals surface area contributed by atoms with Crippen molar-refractivity contribution in [2.24, 2.45) is 0 Å². The van der Waals surface area contributed by atoms with Crippen molar-refractivity contribution in [1.82, 2.24) is 0 Å². The first kappa shape index (κ1) is 11.8. The van der Waals surface area contributed by atoms with Gasteiger partial charge in [0.25, 0.3) is 0 Å². The molecule has 0 aliphatic carbocycles. The van der Waals surface area contributed by atoms with Gasteiger partial charge in [-0.25, -0.2) is 4.79 Å². The van der Waals surface area contributed by atoms with Crippen LogP contribution in [0, 0.1) is 0 Å². The van der Waals surface area contributed by atoms with Crippen molar-refractivity contribution < 1.29 is 20.0 Å². The summed E-state index contributed by atoms with van der Waals surface area (Å²) in [4.78, 5) is 11.0. The van der Waals surface area contributed by atoms with Crippen LogP contribution in [0.25, 0.3) is 0 Å². The lowest BCUT2D eigenvalue weighted by Gasteiger charge is -2.22. The maximum Gasteiger partial charge on any atom is 0.365 e. The Morgan fingerprint density at radius 1 is 1.71 bits per heavy atom. The van der Waals surface area contributed by atoms with E-state index in [1.807, 2.05) is 0 Å². The van der Waals surface area contributed by atoms with Crippen LogP contribution in [0.4, 0.5) is 0 Å². The smallest absolute Gasteiger partial charge is 0.365 e. The van der Waals surface area contributed by atoms with Crippen molar-refractivity contribution in [3.05, 3.63) is 0 Å². The van der Waals surface area contributed by atoms with Crippen LogP contribution in [0.15, 0.2) is 0 Å². The Morgan fingerprint density at radius 2 is 2.50 bits per heavy atom. The number of hydrogen-bond acceptors (Lipinski definition) is 4.